The molecule has 0 spiro atoms. The second kappa shape index (κ2) is 8.38. The minimum atomic E-state index is 0. The Hall–Kier alpha value is -0.750. The predicted molar refractivity (Wildman–Crippen MR) is 99.9 cm³/mol. The van der Waals surface area contributed by atoms with Gasteiger partial charge in [0.15, 0.2) is 0 Å². The zero-order chi connectivity index (χ0) is 15.5. The van der Waals surface area contributed by atoms with Crippen LogP contribution in [0, 0.1) is 0 Å². The third kappa shape index (κ3) is 4.41. The SMILES string of the molecule is CC1CCN(C(=O)CN2CCNC[C@H]2C)c2ccccc2S1.Cl. The topological polar surface area (TPSA) is 35.6 Å². The first kappa shape index (κ1) is 18.6. The van der Waals surface area contributed by atoms with Crippen LogP contribution < -0.4 is 10.2 Å². The highest BCUT2D eigenvalue weighted by Crippen LogP contribution is 2.37. The van der Waals surface area contributed by atoms with Crippen LogP contribution in [0.5, 0.6) is 0 Å². The predicted octanol–water partition coefficient (Wildman–Crippen LogP) is 2.62. The van der Waals surface area contributed by atoms with E-state index in [1.165, 1.54) is 4.90 Å². The van der Waals surface area contributed by atoms with Crippen LogP contribution >= 0.6 is 24.2 Å². The maximum Gasteiger partial charge on any atom is 0.241 e. The standard InChI is InChI=1S/C17H25N3OS.ClH/c1-13-11-18-8-10-19(13)12-17(21)20-9-7-14(2)22-16-6-4-3-5-15(16)20;/h3-6,13-14,18H,7-12H2,1-2H3;1H/t13-,14?;/m1./s1. The molecule has 0 saturated carbocycles. The summed E-state index contributed by atoms with van der Waals surface area (Å²) < 4.78 is 0. The molecule has 2 atom stereocenters. The number of carbonyl (C=O) groups is 1. The van der Waals surface area contributed by atoms with E-state index >= 15 is 0 Å². The van der Waals surface area contributed by atoms with Gasteiger partial charge in [0.1, 0.15) is 0 Å². The Morgan fingerprint density at radius 1 is 1.30 bits per heavy atom. The molecule has 4 nitrogen and oxygen atoms in total. The first-order chi connectivity index (χ1) is 10.6. The summed E-state index contributed by atoms with van der Waals surface area (Å²) >= 11 is 1.88. The molecule has 23 heavy (non-hydrogen) atoms. The molecule has 1 N–H and O–H groups in total. The number of anilines is 1. The summed E-state index contributed by atoms with van der Waals surface area (Å²) in [5, 5.41) is 3.93. The van der Waals surface area contributed by atoms with Gasteiger partial charge < -0.3 is 10.2 Å². The number of piperazine rings is 1. The zero-order valence-corrected chi connectivity index (χ0v) is 15.5. The lowest BCUT2D eigenvalue weighted by molar-refractivity contribution is -0.120. The molecule has 1 aromatic rings. The molecule has 1 aromatic carbocycles. The monoisotopic (exact) mass is 355 g/mol. The van der Waals surface area contributed by atoms with Crippen LogP contribution in [0.1, 0.15) is 20.3 Å². The Labute approximate surface area is 149 Å². The van der Waals surface area contributed by atoms with Gasteiger partial charge in [-0.3, -0.25) is 9.69 Å². The van der Waals surface area contributed by atoms with Gasteiger partial charge in [-0.15, -0.1) is 24.2 Å². The van der Waals surface area contributed by atoms with Crippen molar-refractivity contribution in [2.24, 2.45) is 0 Å². The minimum absolute atomic E-state index is 0. The normalized spacial score (nSPS) is 25.2. The van der Waals surface area contributed by atoms with E-state index < -0.39 is 0 Å². The molecule has 1 unspecified atom stereocenters. The van der Waals surface area contributed by atoms with Gasteiger partial charge in [0.25, 0.3) is 0 Å². The van der Waals surface area contributed by atoms with Crippen molar-refractivity contribution in [3.8, 4) is 0 Å². The van der Waals surface area contributed by atoms with E-state index in [9.17, 15) is 4.79 Å². The number of nitrogens with one attached hydrogen (secondary N) is 1. The van der Waals surface area contributed by atoms with Gasteiger partial charge >= 0.3 is 0 Å². The van der Waals surface area contributed by atoms with Gasteiger partial charge in [-0.25, -0.2) is 0 Å². The van der Waals surface area contributed by atoms with Crippen LogP contribution in [-0.4, -0.2) is 54.8 Å². The lowest BCUT2D eigenvalue weighted by Gasteiger charge is -2.35. The number of rotatable bonds is 2. The fourth-order valence-electron chi connectivity index (χ4n) is 3.12. The maximum absolute atomic E-state index is 12.9. The second-order valence-corrected chi connectivity index (χ2v) is 7.73. The highest BCUT2D eigenvalue weighted by Gasteiger charge is 2.27. The van der Waals surface area contributed by atoms with Crippen LogP contribution in [0.15, 0.2) is 29.2 Å². The van der Waals surface area contributed by atoms with Gasteiger partial charge in [-0.1, -0.05) is 19.1 Å². The molecule has 0 bridgehead atoms. The summed E-state index contributed by atoms with van der Waals surface area (Å²) in [6, 6.07) is 8.73. The number of halogens is 1. The Kier molecular flexibility index (Phi) is 6.77. The number of carbonyl (C=O) groups excluding carboxylic acids is 1. The number of nitrogens with zero attached hydrogens (tertiary/aromatic N) is 2. The van der Waals surface area contributed by atoms with Crippen molar-refractivity contribution in [1.82, 2.24) is 10.2 Å². The molecule has 0 aromatic heterocycles. The number of para-hydroxylation sites is 1. The van der Waals surface area contributed by atoms with E-state index in [1.54, 1.807) is 0 Å². The molecule has 2 aliphatic heterocycles. The minimum Gasteiger partial charge on any atom is -0.314 e. The summed E-state index contributed by atoms with van der Waals surface area (Å²) in [4.78, 5) is 18.4. The summed E-state index contributed by atoms with van der Waals surface area (Å²) in [7, 11) is 0. The molecule has 1 saturated heterocycles. The summed E-state index contributed by atoms with van der Waals surface area (Å²) in [5.41, 5.74) is 1.09. The van der Waals surface area contributed by atoms with Crippen molar-refractivity contribution in [3.05, 3.63) is 24.3 Å². The molecule has 0 aliphatic carbocycles. The summed E-state index contributed by atoms with van der Waals surface area (Å²) in [5.74, 6) is 0.232. The zero-order valence-electron chi connectivity index (χ0n) is 13.8. The van der Waals surface area contributed by atoms with Gasteiger partial charge in [0.05, 0.1) is 12.2 Å². The van der Waals surface area contributed by atoms with Crippen LogP contribution in [0.3, 0.4) is 0 Å². The molecule has 128 valence electrons. The van der Waals surface area contributed by atoms with Crippen LogP contribution in [0.4, 0.5) is 5.69 Å². The Bertz CT molecular complexity index is 542. The van der Waals surface area contributed by atoms with Crippen molar-refractivity contribution in [3.63, 3.8) is 0 Å². The highest BCUT2D eigenvalue weighted by molar-refractivity contribution is 8.00. The van der Waals surface area contributed by atoms with E-state index in [0.717, 1.165) is 38.3 Å². The number of fused-ring (bicyclic) bond motifs is 1. The lowest BCUT2D eigenvalue weighted by atomic mass is 10.2. The van der Waals surface area contributed by atoms with Gasteiger partial charge in [-0.2, -0.15) is 0 Å². The van der Waals surface area contributed by atoms with E-state index in [1.807, 2.05) is 22.7 Å². The highest BCUT2D eigenvalue weighted by atomic mass is 35.5. The average Bonchev–Trinajstić information content (AvgIpc) is 2.68. The van der Waals surface area contributed by atoms with Crippen LogP contribution in [-0.2, 0) is 4.79 Å². The Morgan fingerprint density at radius 3 is 2.87 bits per heavy atom. The third-order valence-corrected chi connectivity index (χ3v) is 5.76. The smallest absolute Gasteiger partial charge is 0.241 e. The van der Waals surface area contributed by atoms with E-state index in [-0.39, 0.29) is 18.3 Å². The molecule has 2 heterocycles. The van der Waals surface area contributed by atoms with Crippen molar-refractivity contribution in [1.29, 1.82) is 0 Å². The molecule has 1 fully saturated rings. The fraction of sp³-hybridized carbons (Fsp3) is 0.588. The average molecular weight is 356 g/mol. The molecule has 6 heteroatoms. The maximum atomic E-state index is 12.9. The first-order valence-electron chi connectivity index (χ1n) is 8.16. The molecule has 3 rings (SSSR count). The van der Waals surface area contributed by atoms with Gasteiger partial charge in [0.2, 0.25) is 5.91 Å². The molecule has 1 amide bonds. The van der Waals surface area contributed by atoms with Crippen molar-refractivity contribution >= 4 is 35.8 Å². The number of thioether (sulfide) groups is 1. The fourth-order valence-corrected chi connectivity index (χ4v) is 4.24. The largest absolute Gasteiger partial charge is 0.314 e. The van der Waals surface area contributed by atoms with Crippen molar-refractivity contribution in [2.75, 3.05) is 37.6 Å². The summed E-state index contributed by atoms with van der Waals surface area (Å²) in [6.45, 7) is 8.67. The first-order valence-corrected chi connectivity index (χ1v) is 9.04. The Morgan fingerprint density at radius 2 is 2.09 bits per heavy atom. The van der Waals surface area contributed by atoms with E-state index in [0.29, 0.717) is 17.8 Å². The Balaban J connectivity index is 0.00000192. The quantitative estimate of drug-likeness (QED) is 0.884. The molecular formula is C17H26ClN3OS. The van der Waals surface area contributed by atoms with Crippen molar-refractivity contribution in [2.45, 2.75) is 36.5 Å². The second-order valence-electron chi connectivity index (χ2n) is 6.25. The van der Waals surface area contributed by atoms with Gasteiger partial charge in [-0.05, 0) is 25.5 Å². The van der Waals surface area contributed by atoms with E-state index in [4.69, 9.17) is 0 Å². The molecule has 2 aliphatic rings. The number of hydrogen-bond acceptors (Lipinski definition) is 4. The van der Waals surface area contributed by atoms with Gasteiger partial charge in [0, 0.05) is 42.4 Å². The molecular weight excluding hydrogens is 330 g/mol. The molecule has 0 radical (unpaired) electrons. The van der Waals surface area contributed by atoms with Crippen LogP contribution in [0.2, 0.25) is 0 Å². The van der Waals surface area contributed by atoms with Crippen LogP contribution in [0.25, 0.3) is 0 Å². The number of amides is 1. The number of benzene rings is 1. The van der Waals surface area contributed by atoms with Crippen molar-refractivity contribution < 1.29 is 4.79 Å². The lowest BCUT2D eigenvalue weighted by Crippen LogP contribution is -2.53. The van der Waals surface area contributed by atoms with E-state index in [2.05, 4.69) is 42.3 Å². The summed E-state index contributed by atoms with van der Waals surface area (Å²) in [6.07, 6.45) is 1.04. The third-order valence-electron chi connectivity index (χ3n) is 4.52. The number of hydrogen-bond donors (Lipinski definition) is 1.